The maximum atomic E-state index is 12.1. The van der Waals surface area contributed by atoms with E-state index in [1.165, 1.54) is 0 Å². The molecule has 1 aromatic carbocycles. The second kappa shape index (κ2) is 5.97. The van der Waals surface area contributed by atoms with Crippen LogP contribution in [0.15, 0.2) is 30.3 Å². The van der Waals surface area contributed by atoms with Gasteiger partial charge in [0.15, 0.2) is 6.04 Å². The van der Waals surface area contributed by atoms with Crippen molar-refractivity contribution < 1.29 is 18.5 Å². The van der Waals surface area contributed by atoms with Crippen molar-refractivity contribution in [3.8, 4) is 0 Å². The molecule has 0 saturated carbocycles. The molecule has 102 valence electrons. The quantitative estimate of drug-likeness (QED) is 0.597. The van der Waals surface area contributed by atoms with Crippen LogP contribution in [0.25, 0.3) is 0 Å². The van der Waals surface area contributed by atoms with E-state index < -0.39 is 23.0 Å². The van der Waals surface area contributed by atoms with Crippen molar-refractivity contribution in [1.29, 1.82) is 0 Å². The molecule has 1 aliphatic heterocycles. The fraction of sp³-hybridized carbons (Fsp3) is 0.385. The first-order chi connectivity index (χ1) is 9.13. The molecule has 0 aromatic heterocycles. The fourth-order valence-corrected chi connectivity index (χ4v) is 3.22. The topological polar surface area (TPSA) is 63.7 Å². The van der Waals surface area contributed by atoms with Crippen LogP contribution in [0.1, 0.15) is 18.9 Å². The van der Waals surface area contributed by atoms with Crippen LogP contribution in [0.2, 0.25) is 0 Å². The van der Waals surface area contributed by atoms with Crippen molar-refractivity contribution in [1.82, 2.24) is 4.31 Å². The zero-order valence-corrected chi connectivity index (χ0v) is 11.4. The van der Waals surface area contributed by atoms with E-state index in [9.17, 15) is 13.8 Å². The van der Waals surface area contributed by atoms with E-state index in [2.05, 4.69) is 0 Å². The molecule has 1 heterocycles. The van der Waals surface area contributed by atoms with E-state index in [0.29, 0.717) is 0 Å². The molecule has 0 bridgehead atoms. The summed E-state index contributed by atoms with van der Waals surface area (Å²) in [6, 6.07) is 8.52. The van der Waals surface area contributed by atoms with Crippen LogP contribution < -0.4 is 0 Å². The number of carbonyl (C=O) groups excluding carboxylic acids is 2. The Labute approximate surface area is 114 Å². The Balaban J connectivity index is 2.01. The molecule has 2 atom stereocenters. The summed E-state index contributed by atoms with van der Waals surface area (Å²) in [7, 11) is -1.53. The van der Waals surface area contributed by atoms with Gasteiger partial charge in [-0.3, -0.25) is 4.79 Å². The summed E-state index contributed by atoms with van der Waals surface area (Å²) in [4.78, 5) is 23.1. The predicted octanol–water partition coefficient (Wildman–Crippen LogP) is 1.01. The van der Waals surface area contributed by atoms with Gasteiger partial charge in [-0.2, -0.15) is 0 Å². The largest absolute Gasteiger partial charge is 0.464 e. The van der Waals surface area contributed by atoms with Crippen molar-refractivity contribution >= 4 is 22.9 Å². The molecule has 2 rings (SSSR count). The first-order valence-corrected chi connectivity index (χ1v) is 7.32. The predicted molar refractivity (Wildman–Crippen MR) is 70.2 cm³/mol. The minimum Gasteiger partial charge on any atom is -0.464 e. The van der Waals surface area contributed by atoms with Gasteiger partial charge in [-0.25, -0.2) is 13.3 Å². The third-order valence-electron chi connectivity index (χ3n) is 2.81. The van der Waals surface area contributed by atoms with Crippen LogP contribution in [0, 0.1) is 0 Å². The lowest BCUT2D eigenvalue weighted by Gasteiger charge is -2.36. The monoisotopic (exact) mass is 281 g/mol. The van der Waals surface area contributed by atoms with E-state index in [1.54, 1.807) is 6.92 Å². The van der Waals surface area contributed by atoms with Gasteiger partial charge in [0.25, 0.3) is 0 Å². The van der Waals surface area contributed by atoms with E-state index in [0.717, 1.165) is 9.87 Å². The first-order valence-electron chi connectivity index (χ1n) is 6.04. The van der Waals surface area contributed by atoms with Gasteiger partial charge in [-0.1, -0.05) is 30.3 Å². The lowest BCUT2D eigenvalue weighted by atomic mass is 10.1. The van der Waals surface area contributed by atoms with Crippen LogP contribution in [0.4, 0.5) is 0 Å². The van der Waals surface area contributed by atoms with Gasteiger partial charge in [0, 0.05) is 0 Å². The molecule has 0 spiro atoms. The lowest BCUT2D eigenvalue weighted by Crippen LogP contribution is -2.57. The molecule has 0 radical (unpaired) electrons. The Morgan fingerprint density at radius 3 is 2.68 bits per heavy atom. The van der Waals surface area contributed by atoms with E-state index in [1.807, 2.05) is 30.3 Å². The molecule has 1 aromatic rings. The van der Waals surface area contributed by atoms with Crippen LogP contribution in [-0.2, 0) is 31.1 Å². The molecule has 1 aliphatic rings. The molecule has 0 aliphatic carbocycles. The normalized spacial score (nSPS) is 19.7. The number of hydrogen-bond donors (Lipinski definition) is 0. The number of ether oxygens (including phenoxy) is 1. The highest BCUT2D eigenvalue weighted by Crippen LogP contribution is 2.24. The highest BCUT2D eigenvalue weighted by molar-refractivity contribution is 7.82. The average Bonchev–Trinajstić information content (AvgIpc) is 2.37. The van der Waals surface area contributed by atoms with Gasteiger partial charge in [-0.15, -0.1) is 0 Å². The van der Waals surface area contributed by atoms with Crippen molar-refractivity contribution in [3.63, 3.8) is 0 Å². The number of amides is 1. The minimum absolute atomic E-state index is 0.0827. The number of benzene rings is 1. The van der Waals surface area contributed by atoms with Crippen LogP contribution in [0.3, 0.4) is 0 Å². The van der Waals surface area contributed by atoms with E-state index >= 15 is 0 Å². The van der Waals surface area contributed by atoms with Crippen molar-refractivity contribution in [2.24, 2.45) is 0 Å². The third-order valence-corrected chi connectivity index (χ3v) is 4.29. The van der Waals surface area contributed by atoms with Crippen molar-refractivity contribution in [3.05, 3.63) is 35.9 Å². The molecule has 1 fully saturated rings. The van der Waals surface area contributed by atoms with Gasteiger partial charge >= 0.3 is 5.97 Å². The second-order valence-corrected chi connectivity index (χ2v) is 5.47. The summed E-state index contributed by atoms with van der Waals surface area (Å²) in [5.74, 6) is -0.529. The summed E-state index contributed by atoms with van der Waals surface area (Å²) >= 11 is 0. The number of rotatable bonds is 5. The van der Waals surface area contributed by atoms with Crippen LogP contribution in [-0.4, -0.2) is 33.0 Å². The average molecular weight is 281 g/mol. The zero-order valence-electron chi connectivity index (χ0n) is 10.6. The standard InChI is InChI=1S/C13H15NO4S/c1-2-18-13(16)11-8-12(15)14(11)19(17)9-10-6-4-3-5-7-10/h3-7,11H,2,8-9H2,1H3. The first kappa shape index (κ1) is 13.7. The third kappa shape index (κ3) is 3.01. The van der Waals surface area contributed by atoms with Gasteiger partial charge in [-0.05, 0) is 12.5 Å². The molecule has 19 heavy (non-hydrogen) atoms. The Kier molecular flexibility index (Phi) is 4.31. The Hall–Kier alpha value is -1.69. The summed E-state index contributed by atoms with van der Waals surface area (Å²) < 4.78 is 18.1. The highest BCUT2D eigenvalue weighted by Gasteiger charge is 2.45. The summed E-state index contributed by atoms with van der Waals surface area (Å²) in [6.45, 7) is 1.95. The van der Waals surface area contributed by atoms with Gasteiger partial charge < -0.3 is 4.74 Å². The maximum Gasteiger partial charge on any atom is 0.330 e. The number of nitrogens with zero attached hydrogens (tertiary/aromatic N) is 1. The lowest BCUT2D eigenvalue weighted by molar-refractivity contribution is -0.159. The maximum absolute atomic E-state index is 12.1. The number of carbonyl (C=O) groups is 2. The molecule has 1 saturated heterocycles. The van der Waals surface area contributed by atoms with Crippen molar-refractivity contribution in [2.75, 3.05) is 6.61 Å². The summed E-state index contributed by atoms with van der Waals surface area (Å²) in [6.07, 6.45) is 0.0827. The van der Waals surface area contributed by atoms with E-state index in [-0.39, 0.29) is 24.7 Å². The molecule has 0 N–H and O–H groups in total. The zero-order chi connectivity index (χ0) is 13.8. The minimum atomic E-state index is -1.53. The molecular formula is C13H15NO4S. The SMILES string of the molecule is CCOC(=O)C1CC(=O)N1S(=O)Cc1ccccc1. The summed E-state index contributed by atoms with van der Waals surface area (Å²) in [5, 5.41) is 0. The van der Waals surface area contributed by atoms with Gasteiger partial charge in [0.05, 0.1) is 18.8 Å². The molecule has 6 heteroatoms. The summed E-state index contributed by atoms with van der Waals surface area (Å²) in [5.41, 5.74) is 0.864. The smallest absolute Gasteiger partial charge is 0.330 e. The van der Waals surface area contributed by atoms with Crippen LogP contribution in [0.5, 0.6) is 0 Å². The molecule has 2 unspecified atom stereocenters. The Morgan fingerprint density at radius 2 is 2.11 bits per heavy atom. The van der Waals surface area contributed by atoms with Crippen molar-refractivity contribution in [2.45, 2.75) is 25.1 Å². The van der Waals surface area contributed by atoms with E-state index in [4.69, 9.17) is 4.74 Å². The Morgan fingerprint density at radius 1 is 1.42 bits per heavy atom. The van der Waals surface area contributed by atoms with Gasteiger partial charge in [0.2, 0.25) is 5.91 Å². The van der Waals surface area contributed by atoms with Gasteiger partial charge in [0.1, 0.15) is 11.0 Å². The second-order valence-electron chi connectivity index (χ2n) is 4.14. The Bertz CT molecular complexity index is 503. The number of hydrogen-bond acceptors (Lipinski definition) is 4. The molecule has 5 nitrogen and oxygen atoms in total. The van der Waals surface area contributed by atoms with Crippen LogP contribution >= 0.6 is 0 Å². The molecular weight excluding hydrogens is 266 g/mol. The molecule has 1 amide bonds. The number of esters is 1. The number of β-lactam (4-membered cyclic amide) rings is 1. The fourth-order valence-electron chi connectivity index (χ4n) is 1.86. The highest BCUT2D eigenvalue weighted by atomic mass is 32.2.